The van der Waals surface area contributed by atoms with Crippen LogP contribution in [-0.4, -0.2) is 60.4 Å². The topological polar surface area (TPSA) is 61.8 Å². The number of aliphatic carboxylic acids is 1. The van der Waals surface area contributed by atoms with Crippen LogP contribution in [0.15, 0.2) is 0 Å². The van der Waals surface area contributed by atoms with Gasteiger partial charge in [-0.05, 0) is 25.4 Å². The summed E-state index contributed by atoms with van der Waals surface area (Å²) in [6.45, 7) is 12.5. The highest BCUT2D eigenvalue weighted by Crippen LogP contribution is 2.29. The number of rotatable bonds is 8. The lowest BCUT2D eigenvalue weighted by atomic mass is 9.83. The zero-order valence-electron chi connectivity index (χ0n) is 13.3. The molecule has 5 heteroatoms. The van der Waals surface area contributed by atoms with Gasteiger partial charge in [-0.15, -0.1) is 0 Å². The van der Waals surface area contributed by atoms with Gasteiger partial charge in [0.05, 0.1) is 6.10 Å². The molecule has 0 saturated carbocycles. The second kappa shape index (κ2) is 7.96. The van der Waals surface area contributed by atoms with Crippen molar-refractivity contribution >= 4 is 5.97 Å². The summed E-state index contributed by atoms with van der Waals surface area (Å²) in [5.41, 5.74) is -0.819. The number of ether oxygens (including phenoxy) is 1. The Labute approximate surface area is 122 Å². The van der Waals surface area contributed by atoms with Gasteiger partial charge in [-0.2, -0.15) is 0 Å². The van der Waals surface area contributed by atoms with Crippen LogP contribution < -0.4 is 5.32 Å². The molecule has 1 heterocycles. The molecular weight excluding hydrogens is 256 g/mol. The number of nitrogens with one attached hydrogen (secondary N) is 1. The second-order valence-electron chi connectivity index (χ2n) is 5.95. The van der Waals surface area contributed by atoms with Crippen LogP contribution in [0.2, 0.25) is 0 Å². The first-order valence-electron chi connectivity index (χ1n) is 7.77. The Morgan fingerprint density at radius 1 is 1.45 bits per heavy atom. The first-order chi connectivity index (χ1) is 9.45. The maximum absolute atomic E-state index is 11.7. The third-order valence-corrected chi connectivity index (χ3v) is 4.35. The number of hydrogen-bond donors (Lipinski definition) is 2. The van der Waals surface area contributed by atoms with Crippen molar-refractivity contribution in [2.24, 2.45) is 5.92 Å². The van der Waals surface area contributed by atoms with Crippen molar-refractivity contribution in [3.05, 3.63) is 0 Å². The Morgan fingerprint density at radius 3 is 2.60 bits per heavy atom. The van der Waals surface area contributed by atoms with E-state index in [1.165, 1.54) is 0 Å². The van der Waals surface area contributed by atoms with E-state index in [-0.39, 0.29) is 6.10 Å². The van der Waals surface area contributed by atoms with Gasteiger partial charge in [0.15, 0.2) is 0 Å². The number of carboxylic acids is 1. The molecule has 1 fully saturated rings. The van der Waals surface area contributed by atoms with E-state index in [1.54, 1.807) is 0 Å². The number of carbonyl (C=O) groups is 1. The SMILES string of the molecule is CCN(CC)CCNC1(C(=O)O)CCOC(C(C)C)C1. The monoisotopic (exact) mass is 286 g/mol. The Hall–Kier alpha value is -0.650. The molecule has 2 unspecified atom stereocenters. The predicted octanol–water partition coefficient (Wildman–Crippen LogP) is 1.58. The van der Waals surface area contributed by atoms with Crippen molar-refractivity contribution in [2.75, 3.05) is 32.8 Å². The molecule has 118 valence electrons. The minimum absolute atomic E-state index is 0.0285. The van der Waals surface area contributed by atoms with E-state index in [1.807, 2.05) is 0 Å². The summed E-state index contributed by atoms with van der Waals surface area (Å²) in [6.07, 6.45) is 1.13. The van der Waals surface area contributed by atoms with Crippen LogP contribution in [0.25, 0.3) is 0 Å². The summed E-state index contributed by atoms with van der Waals surface area (Å²) in [5, 5.41) is 12.9. The van der Waals surface area contributed by atoms with Crippen LogP contribution >= 0.6 is 0 Å². The van der Waals surface area contributed by atoms with Gasteiger partial charge in [-0.25, -0.2) is 0 Å². The standard InChI is InChI=1S/C15H30N2O3/c1-5-17(6-2)9-8-16-15(14(18)19)7-10-20-13(11-15)12(3)4/h12-13,16H,5-11H2,1-4H3,(H,18,19). The fraction of sp³-hybridized carbons (Fsp3) is 0.933. The molecule has 2 N–H and O–H groups in total. The van der Waals surface area contributed by atoms with E-state index in [4.69, 9.17) is 4.74 Å². The Balaban J connectivity index is 2.60. The van der Waals surface area contributed by atoms with Crippen LogP contribution in [0.5, 0.6) is 0 Å². The maximum atomic E-state index is 11.7. The minimum Gasteiger partial charge on any atom is -0.480 e. The van der Waals surface area contributed by atoms with Crippen molar-refractivity contribution in [3.63, 3.8) is 0 Å². The first-order valence-corrected chi connectivity index (χ1v) is 7.77. The molecule has 0 aromatic rings. The molecule has 5 nitrogen and oxygen atoms in total. The lowest BCUT2D eigenvalue weighted by Crippen LogP contribution is -2.59. The van der Waals surface area contributed by atoms with E-state index < -0.39 is 11.5 Å². The fourth-order valence-electron chi connectivity index (χ4n) is 2.74. The van der Waals surface area contributed by atoms with Crippen LogP contribution in [0.3, 0.4) is 0 Å². The first kappa shape index (κ1) is 17.4. The van der Waals surface area contributed by atoms with Gasteiger partial charge >= 0.3 is 5.97 Å². The Kier molecular flexibility index (Phi) is 6.92. The summed E-state index contributed by atoms with van der Waals surface area (Å²) in [7, 11) is 0. The molecule has 0 radical (unpaired) electrons. The quantitative estimate of drug-likeness (QED) is 0.709. The molecule has 0 aromatic carbocycles. The predicted molar refractivity (Wildman–Crippen MR) is 80.0 cm³/mol. The van der Waals surface area contributed by atoms with E-state index >= 15 is 0 Å². The highest BCUT2D eigenvalue weighted by Gasteiger charge is 2.43. The third-order valence-electron chi connectivity index (χ3n) is 4.35. The molecule has 1 saturated heterocycles. The van der Waals surface area contributed by atoms with Gasteiger partial charge in [-0.1, -0.05) is 27.7 Å². The highest BCUT2D eigenvalue weighted by molar-refractivity contribution is 5.79. The van der Waals surface area contributed by atoms with Gasteiger partial charge in [0, 0.05) is 26.1 Å². The van der Waals surface area contributed by atoms with Gasteiger partial charge < -0.3 is 20.1 Å². The molecule has 2 atom stereocenters. The van der Waals surface area contributed by atoms with Gasteiger partial charge in [0.2, 0.25) is 0 Å². The Bertz CT molecular complexity index is 305. The lowest BCUT2D eigenvalue weighted by Gasteiger charge is -2.40. The van der Waals surface area contributed by atoms with Crippen LogP contribution in [0.4, 0.5) is 0 Å². The average Bonchev–Trinajstić information content (AvgIpc) is 2.43. The van der Waals surface area contributed by atoms with Gasteiger partial charge in [-0.3, -0.25) is 4.79 Å². The molecule has 0 aliphatic carbocycles. The molecule has 0 amide bonds. The van der Waals surface area contributed by atoms with Crippen molar-refractivity contribution in [1.29, 1.82) is 0 Å². The third kappa shape index (κ3) is 4.43. The summed E-state index contributed by atoms with van der Waals surface area (Å²) >= 11 is 0. The summed E-state index contributed by atoms with van der Waals surface area (Å²) in [4.78, 5) is 14.0. The van der Waals surface area contributed by atoms with E-state index in [0.29, 0.717) is 31.9 Å². The summed E-state index contributed by atoms with van der Waals surface area (Å²) in [6, 6.07) is 0. The molecule has 20 heavy (non-hydrogen) atoms. The van der Waals surface area contributed by atoms with Crippen LogP contribution in [-0.2, 0) is 9.53 Å². The van der Waals surface area contributed by atoms with Crippen molar-refractivity contribution in [2.45, 2.75) is 52.2 Å². The van der Waals surface area contributed by atoms with Crippen LogP contribution in [0, 0.1) is 5.92 Å². The van der Waals surface area contributed by atoms with E-state index in [2.05, 4.69) is 37.9 Å². The lowest BCUT2D eigenvalue weighted by molar-refractivity contribution is -0.153. The van der Waals surface area contributed by atoms with E-state index in [0.717, 1.165) is 19.6 Å². The number of nitrogens with zero attached hydrogens (tertiary/aromatic N) is 1. The number of carboxylic acid groups (broad SMARTS) is 1. The normalized spacial score (nSPS) is 27.2. The fourth-order valence-corrected chi connectivity index (χ4v) is 2.74. The van der Waals surface area contributed by atoms with Crippen LogP contribution in [0.1, 0.15) is 40.5 Å². The molecule has 0 aromatic heterocycles. The smallest absolute Gasteiger partial charge is 0.324 e. The molecule has 0 spiro atoms. The zero-order valence-corrected chi connectivity index (χ0v) is 13.3. The maximum Gasteiger partial charge on any atom is 0.324 e. The van der Waals surface area contributed by atoms with Crippen molar-refractivity contribution < 1.29 is 14.6 Å². The van der Waals surface area contributed by atoms with Gasteiger partial charge in [0.25, 0.3) is 0 Å². The molecule has 1 rings (SSSR count). The van der Waals surface area contributed by atoms with Crippen molar-refractivity contribution in [3.8, 4) is 0 Å². The molecule has 1 aliphatic rings. The average molecular weight is 286 g/mol. The highest BCUT2D eigenvalue weighted by atomic mass is 16.5. The summed E-state index contributed by atoms with van der Waals surface area (Å²) in [5.74, 6) is -0.399. The Morgan fingerprint density at radius 2 is 2.10 bits per heavy atom. The summed E-state index contributed by atoms with van der Waals surface area (Å²) < 4.78 is 5.70. The second-order valence-corrected chi connectivity index (χ2v) is 5.95. The zero-order chi connectivity index (χ0) is 15.2. The number of hydrogen-bond acceptors (Lipinski definition) is 4. The van der Waals surface area contributed by atoms with Gasteiger partial charge in [0.1, 0.15) is 5.54 Å². The molecular formula is C15H30N2O3. The minimum atomic E-state index is -0.819. The van der Waals surface area contributed by atoms with E-state index in [9.17, 15) is 9.90 Å². The van der Waals surface area contributed by atoms with Crippen molar-refractivity contribution in [1.82, 2.24) is 10.2 Å². The largest absolute Gasteiger partial charge is 0.480 e. The molecule has 1 aliphatic heterocycles. The molecule has 0 bridgehead atoms. The number of likely N-dealkylation sites (N-methyl/N-ethyl adjacent to an activating group) is 1.